The van der Waals surface area contributed by atoms with Crippen LogP contribution < -0.4 is 4.31 Å². The van der Waals surface area contributed by atoms with Crippen LogP contribution in [-0.4, -0.2) is 19.5 Å². The Morgan fingerprint density at radius 3 is 2.35 bits per heavy atom. The molecule has 2 aromatic rings. The summed E-state index contributed by atoms with van der Waals surface area (Å²) in [7, 11) is 0. The van der Waals surface area contributed by atoms with Crippen molar-refractivity contribution in [1.82, 2.24) is 4.98 Å². The zero-order chi connectivity index (χ0) is 14.9. The molecule has 20 heavy (non-hydrogen) atoms. The van der Waals surface area contributed by atoms with Gasteiger partial charge in [0.25, 0.3) is 11.3 Å². The highest BCUT2D eigenvalue weighted by Gasteiger charge is 2.22. The number of carbonyl (C=O) groups is 1. The minimum atomic E-state index is -2.23. The molecule has 1 unspecified atom stereocenters. The maximum atomic E-state index is 11.6. The molecule has 1 atom stereocenters. The highest BCUT2D eigenvalue weighted by molar-refractivity contribution is 7.81. The summed E-state index contributed by atoms with van der Waals surface area (Å²) in [5.74, 6) is -0.156. The van der Waals surface area contributed by atoms with Crippen molar-refractivity contribution in [2.24, 2.45) is 0 Å². The molecular weight excluding hydrogens is 296 g/mol. The van der Waals surface area contributed by atoms with E-state index in [4.69, 9.17) is 0 Å². The molecule has 0 fully saturated rings. The molecule has 1 aromatic carbocycles. The topological polar surface area (TPSA) is 70.5 Å². The number of benzene rings is 1. The van der Waals surface area contributed by atoms with Gasteiger partial charge in [-0.3, -0.25) is 9.35 Å². The lowest BCUT2D eigenvalue weighted by Gasteiger charge is -2.18. The van der Waals surface area contributed by atoms with Gasteiger partial charge in [0.15, 0.2) is 10.8 Å². The Labute approximate surface area is 123 Å². The monoisotopic (exact) mass is 310 g/mol. The number of nitrogens with zero attached hydrogens (tertiary/aromatic N) is 2. The number of aromatic nitrogens is 1. The van der Waals surface area contributed by atoms with Crippen LogP contribution in [0, 0.1) is 13.8 Å². The van der Waals surface area contributed by atoms with Gasteiger partial charge >= 0.3 is 0 Å². The van der Waals surface area contributed by atoms with Gasteiger partial charge in [-0.1, -0.05) is 29.0 Å². The van der Waals surface area contributed by atoms with E-state index >= 15 is 0 Å². The third-order valence-corrected chi connectivity index (χ3v) is 4.75. The SMILES string of the molecule is CC(=O)c1nc(C)c(N(c2ccc(C)cc2)S(=O)O)s1. The van der Waals surface area contributed by atoms with Crippen molar-refractivity contribution in [3.8, 4) is 0 Å². The van der Waals surface area contributed by atoms with Crippen molar-refractivity contribution in [2.75, 3.05) is 4.31 Å². The van der Waals surface area contributed by atoms with E-state index in [0.29, 0.717) is 21.4 Å². The summed E-state index contributed by atoms with van der Waals surface area (Å²) in [6.07, 6.45) is 0. The number of thiazole rings is 1. The van der Waals surface area contributed by atoms with Crippen LogP contribution in [0.25, 0.3) is 0 Å². The van der Waals surface area contributed by atoms with Crippen LogP contribution >= 0.6 is 11.3 Å². The fourth-order valence-corrected chi connectivity index (χ4v) is 3.46. The van der Waals surface area contributed by atoms with E-state index in [0.717, 1.165) is 16.9 Å². The van der Waals surface area contributed by atoms with E-state index in [1.54, 1.807) is 19.1 Å². The summed E-state index contributed by atoms with van der Waals surface area (Å²) in [4.78, 5) is 15.5. The summed E-state index contributed by atoms with van der Waals surface area (Å²) >= 11 is -1.11. The van der Waals surface area contributed by atoms with Gasteiger partial charge in [0.05, 0.1) is 11.4 Å². The number of aryl methyl sites for hydroxylation is 2. The molecule has 0 bridgehead atoms. The van der Waals surface area contributed by atoms with Crippen LogP contribution in [0.1, 0.15) is 28.0 Å². The number of anilines is 2. The van der Waals surface area contributed by atoms with Gasteiger partial charge in [0.2, 0.25) is 0 Å². The van der Waals surface area contributed by atoms with E-state index in [2.05, 4.69) is 4.98 Å². The lowest BCUT2D eigenvalue weighted by Crippen LogP contribution is -2.18. The van der Waals surface area contributed by atoms with Crippen molar-refractivity contribution < 1.29 is 13.6 Å². The number of rotatable bonds is 4. The second-order valence-electron chi connectivity index (χ2n) is 4.33. The first kappa shape index (κ1) is 14.8. The van der Waals surface area contributed by atoms with Gasteiger partial charge in [-0.15, -0.1) is 0 Å². The molecule has 106 valence electrons. The van der Waals surface area contributed by atoms with Gasteiger partial charge in [-0.25, -0.2) is 13.5 Å². The van der Waals surface area contributed by atoms with Crippen LogP contribution in [0.5, 0.6) is 0 Å². The first-order valence-electron chi connectivity index (χ1n) is 5.86. The second-order valence-corrected chi connectivity index (χ2v) is 6.13. The molecule has 0 radical (unpaired) electrons. The summed E-state index contributed by atoms with van der Waals surface area (Å²) in [5, 5.41) is 0.833. The van der Waals surface area contributed by atoms with Gasteiger partial charge in [-0.05, 0) is 26.0 Å². The van der Waals surface area contributed by atoms with Crippen molar-refractivity contribution in [2.45, 2.75) is 20.8 Å². The largest absolute Gasteiger partial charge is 0.292 e. The molecule has 1 N–H and O–H groups in total. The predicted molar refractivity (Wildman–Crippen MR) is 80.9 cm³/mol. The van der Waals surface area contributed by atoms with Gasteiger partial charge in [0, 0.05) is 6.92 Å². The van der Waals surface area contributed by atoms with Gasteiger partial charge < -0.3 is 0 Å². The highest BCUT2D eigenvalue weighted by Crippen LogP contribution is 2.35. The Morgan fingerprint density at radius 2 is 1.90 bits per heavy atom. The molecule has 0 aliphatic heterocycles. The Hall–Kier alpha value is -1.57. The molecule has 2 rings (SSSR count). The van der Waals surface area contributed by atoms with Crippen LogP contribution in [0.3, 0.4) is 0 Å². The molecule has 0 aliphatic carbocycles. The van der Waals surface area contributed by atoms with E-state index in [-0.39, 0.29) is 5.78 Å². The lowest BCUT2D eigenvalue weighted by atomic mass is 10.2. The number of carbonyl (C=O) groups excluding carboxylic acids is 1. The van der Waals surface area contributed by atoms with Crippen LogP contribution in [0.15, 0.2) is 24.3 Å². The van der Waals surface area contributed by atoms with Crippen LogP contribution in [0.4, 0.5) is 10.7 Å². The molecule has 0 aliphatic rings. The molecule has 0 amide bonds. The number of ketones is 1. The Morgan fingerprint density at radius 1 is 1.30 bits per heavy atom. The average Bonchev–Trinajstić information content (AvgIpc) is 2.74. The third-order valence-electron chi connectivity index (χ3n) is 2.68. The first-order valence-corrected chi connectivity index (χ1v) is 7.74. The molecule has 5 nitrogen and oxygen atoms in total. The standard InChI is InChI=1S/C13H14N2O3S2/c1-8-4-6-11(7-5-8)15(20(17)18)13-9(2)14-12(19-13)10(3)16/h4-7H,1-3H3,(H,17,18). The maximum absolute atomic E-state index is 11.6. The summed E-state index contributed by atoms with van der Waals surface area (Å²) in [6.45, 7) is 5.08. The highest BCUT2D eigenvalue weighted by atomic mass is 32.2. The number of hydrogen-bond donors (Lipinski definition) is 1. The average molecular weight is 310 g/mol. The van der Waals surface area contributed by atoms with Crippen LogP contribution in [-0.2, 0) is 11.3 Å². The zero-order valence-electron chi connectivity index (χ0n) is 11.3. The molecule has 0 saturated carbocycles. The number of hydrogen-bond acceptors (Lipinski definition) is 4. The lowest BCUT2D eigenvalue weighted by molar-refractivity contribution is 0.101. The van der Waals surface area contributed by atoms with Gasteiger partial charge in [0.1, 0.15) is 5.00 Å². The molecular formula is C13H14N2O3S2. The van der Waals surface area contributed by atoms with Crippen molar-refractivity contribution in [3.63, 3.8) is 0 Å². The maximum Gasteiger partial charge on any atom is 0.267 e. The van der Waals surface area contributed by atoms with E-state index in [1.165, 1.54) is 11.2 Å². The zero-order valence-corrected chi connectivity index (χ0v) is 12.9. The second kappa shape index (κ2) is 5.82. The Bertz CT molecular complexity index is 665. The predicted octanol–water partition coefficient (Wildman–Crippen LogP) is 3.24. The normalized spacial score (nSPS) is 12.2. The van der Waals surface area contributed by atoms with Crippen LogP contribution in [0.2, 0.25) is 0 Å². The molecule has 0 saturated heterocycles. The third kappa shape index (κ3) is 2.95. The fraction of sp³-hybridized carbons (Fsp3) is 0.231. The van der Waals surface area contributed by atoms with Gasteiger partial charge in [-0.2, -0.15) is 0 Å². The summed E-state index contributed by atoms with van der Waals surface area (Å²) in [5.41, 5.74) is 2.20. The molecule has 1 aromatic heterocycles. The smallest absolute Gasteiger partial charge is 0.267 e. The van der Waals surface area contributed by atoms with Crippen molar-refractivity contribution in [1.29, 1.82) is 0 Å². The molecule has 1 heterocycles. The van der Waals surface area contributed by atoms with Crippen molar-refractivity contribution >= 4 is 39.1 Å². The van der Waals surface area contributed by atoms with E-state index < -0.39 is 11.3 Å². The first-order chi connectivity index (χ1) is 9.40. The molecule has 7 heteroatoms. The summed E-state index contributed by atoms with van der Waals surface area (Å²) in [6, 6.07) is 7.24. The van der Waals surface area contributed by atoms with Crippen molar-refractivity contribution in [3.05, 3.63) is 40.5 Å². The Kier molecular flexibility index (Phi) is 4.32. The molecule has 0 spiro atoms. The minimum absolute atomic E-state index is 0.156. The van der Waals surface area contributed by atoms with E-state index in [1.807, 2.05) is 19.1 Å². The number of Topliss-reactive ketones (excluding diaryl/α,β-unsaturated/α-hetero) is 1. The van der Waals surface area contributed by atoms with E-state index in [9.17, 15) is 13.6 Å². The Balaban J connectivity index is 2.51. The summed E-state index contributed by atoms with van der Waals surface area (Å²) < 4.78 is 22.5. The minimum Gasteiger partial charge on any atom is -0.292 e. The quantitative estimate of drug-likeness (QED) is 0.695. The fourth-order valence-electron chi connectivity index (χ4n) is 1.69.